The molecule has 1 aromatic heterocycles. The van der Waals surface area contributed by atoms with E-state index in [1.165, 1.54) is 4.31 Å². The molecule has 7 nitrogen and oxygen atoms in total. The van der Waals surface area contributed by atoms with E-state index in [1.807, 2.05) is 61.5 Å². The summed E-state index contributed by atoms with van der Waals surface area (Å²) in [7, 11) is -3.71. The number of rotatable bonds is 5. The zero-order chi connectivity index (χ0) is 24.4. The fourth-order valence-electron chi connectivity index (χ4n) is 4.33. The van der Waals surface area contributed by atoms with Crippen molar-refractivity contribution in [1.82, 2.24) is 14.4 Å². The molecule has 2 heterocycles. The van der Waals surface area contributed by atoms with Crippen LogP contribution in [0.15, 0.2) is 100 Å². The second kappa shape index (κ2) is 9.48. The van der Waals surface area contributed by atoms with Gasteiger partial charge in [-0.1, -0.05) is 53.7 Å². The SMILES string of the molecule is C[C@@H]1CN(C(=O)c2ccccc2)CCN1S(=O)(=O)c1ccc(-c2cc(-c3ccccc3)no2)cc1. The van der Waals surface area contributed by atoms with E-state index in [9.17, 15) is 13.2 Å². The van der Waals surface area contributed by atoms with E-state index in [-0.39, 0.29) is 23.4 Å². The lowest BCUT2D eigenvalue weighted by Crippen LogP contribution is -2.55. The molecule has 0 bridgehead atoms. The second-order valence-corrected chi connectivity index (χ2v) is 10.4. The number of hydrogen-bond acceptors (Lipinski definition) is 5. The number of benzene rings is 3. The van der Waals surface area contributed by atoms with Crippen molar-refractivity contribution in [3.05, 3.63) is 96.6 Å². The van der Waals surface area contributed by atoms with Gasteiger partial charge >= 0.3 is 0 Å². The molecule has 3 aromatic carbocycles. The Morgan fingerprint density at radius 3 is 2.20 bits per heavy atom. The van der Waals surface area contributed by atoms with Crippen LogP contribution in [0.2, 0.25) is 0 Å². The molecule has 35 heavy (non-hydrogen) atoms. The first kappa shape index (κ1) is 23.0. The Bertz CT molecular complexity index is 1420. The van der Waals surface area contributed by atoms with Gasteiger partial charge in [0.1, 0.15) is 5.69 Å². The van der Waals surface area contributed by atoms with E-state index in [0.717, 1.165) is 11.1 Å². The molecule has 0 radical (unpaired) electrons. The lowest BCUT2D eigenvalue weighted by atomic mass is 10.1. The monoisotopic (exact) mass is 487 g/mol. The molecule has 0 N–H and O–H groups in total. The summed E-state index contributed by atoms with van der Waals surface area (Å²) in [6, 6.07) is 26.9. The molecule has 1 atom stereocenters. The van der Waals surface area contributed by atoms with Gasteiger partial charge in [-0.15, -0.1) is 0 Å². The Kier molecular flexibility index (Phi) is 6.23. The van der Waals surface area contributed by atoms with Gasteiger partial charge in [0.15, 0.2) is 5.76 Å². The molecule has 5 rings (SSSR count). The summed E-state index contributed by atoms with van der Waals surface area (Å²) in [6.45, 7) is 2.75. The number of nitrogens with zero attached hydrogens (tertiary/aromatic N) is 3. The first-order chi connectivity index (χ1) is 16.9. The Hall–Kier alpha value is -3.75. The Balaban J connectivity index is 1.30. The van der Waals surface area contributed by atoms with Crippen molar-refractivity contribution < 1.29 is 17.7 Å². The summed E-state index contributed by atoms with van der Waals surface area (Å²) in [5, 5.41) is 4.13. The molecule has 1 amide bonds. The van der Waals surface area contributed by atoms with Gasteiger partial charge in [0.2, 0.25) is 10.0 Å². The number of piperazine rings is 1. The van der Waals surface area contributed by atoms with E-state index in [2.05, 4.69) is 5.16 Å². The van der Waals surface area contributed by atoms with Gasteiger partial charge in [0.05, 0.1) is 4.90 Å². The molecular weight excluding hydrogens is 462 g/mol. The Morgan fingerprint density at radius 1 is 0.886 bits per heavy atom. The highest BCUT2D eigenvalue weighted by atomic mass is 32.2. The van der Waals surface area contributed by atoms with Crippen molar-refractivity contribution in [2.24, 2.45) is 0 Å². The summed E-state index contributed by atoms with van der Waals surface area (Å²) < 4.78 is 33.7. The zero-order valence-corrected chi connectivity index (χ0v) is 20.1. The number of amides is 1. The van der Waals surface area contributed by atoms with Crippen LogP contribution in [0.5, 0.6) is 0 Å². The fraction of sp³-hybridized carbons (Fsp3) is 0.185. The molecule has 4 aromatic rings. The topological polar surface area (TPSA) is 83.7 Å². The molecule has 178 valence electrons. The van der Waals surface area contributed by atoms with E-state index in [1.54, 1.807) is 41.3 Å². The standard InChI is InChI=1S/C27H25N3O4S/c1-20-19-29(27(31)23-10-6-3-7-11-23)16-17-30(20)35(32,33)24-14-12-22(13-15-24)26-18-25(28-34-26)21-8-4-2-5-9-21/h2-15,18,20H,16-17,19H2,1H3/t20-/m1/s1. The fourth-order valence-corrected chi connectivity index (χ4v) is 5.94. The maximum Gasteiger partial charge on any atom is 0.253 e. The smallest absolute Gasteiger partial charge is 0.253 e. The van der Waals surface area contributed by atoms with Gasteiger partial charge in [-0.3, -0.25) is 4.79 Å². The lowest BCUT2D eigenvalue weighted by molar-refractivity contribution is 0.0642. The van der Waals surface area contributed by atoms with Gasteiger partial charge in [0, 0.05) is 48.4 Å². The summed E-state index contributed by atoms with van der Waals surface area (Å²) in [5.41, 5.74) is 3.01. The Labute approximate surface area is 204 Å². The van der Waals surface area contributed by atoms with Crippen LogP contribution in [0.3, 0.4) is 0 Å². The molecule has 1 fully saturated rings. The van der Waals surface area contributed by atoms with Crippen LogP contribution >= 0.6 is 0 Å². The normalized spacial score (nSPS) is 16.8. The molecular formula is C27H25N3O4S. The third-order valence-corrected chi connectivity index (χ3v) is 8.23. The van der Waals surface area contributed by atoms with Crippen molar-refractivity contribution in [1.29, 1.82) is 0 Å². The average molecular weight is 488 g/mol. The van der Waals surface area contributed by atoms with Gasteiger partial charge < -0.3 is 9.42 Å². The first-order valence-corrected chi connectivity index (χ1v) is 12.9. The predicted molar refractivity (Wildman–Crippen MR) is 133 cm³/mol. The van der Waals surface area contributed by atoms with Crippen molar-refractivity contribution in [2.75, 3.05) is 19.6 Å². The molecule has 1 aliphatic heterocycles. The molecule has 0 aliphatic carbocycles. The van der Waals surface area contributed by atoms with Crippen LogP contribution in [-0.4, -0.2) is 54.4 Å². The van der Waals surface area contributed by atoms with E-state index >= 15 is 0 Å². The van der Waals surface area contributed by atoms with Crippen LogP contribution in [-0.2, 0) is 10.0 Å². The van der Waals surface area contributed by atoms with Crippen LogP contribution in [0.1, 0.15) is 17.3 Å². The maximum absolute atomic E-state index is 13.4. The van der Waals surface area contributed by atoms with Crippen LogP contribution < -0.4 is 0 Å². The molecule has 1 aliphatic rings. The summed E-state index contributed by atoms with van der Waals surface area (Å²) in [5.74, 6) is 0.481. The third kappa shape index (κ3) is 4.62. The lowest BCUT2D eigenvalue weighted by Gasteiger charge is -2.39. The van der Waals surface area contributed by atoms with Gasteiger partial charge in [0.25, 0.3) is 5.91 Å². The molecule has 8 heteroatoms. The average Bonchev–Trinajstić information content (AvgIpc) is 3.40. The van der Waals surface area contributed by atoms with Crippen LogP contribution in [0, 0.1) is 0 Å². The van der Waals surface area contributed by atoms with E-state index in [4.69, 9.17) is 4.52 Å². The highest BCUT2D eigenvalue weighted by Gasteiger charge is 2.35. The highest BCUT2D eigenvalue weighted by Crippen LogP contribution is 2.28. The van der Waals surface area contributed by atoms with Crippen molar-refractivity contribution >= 4 is 15.9 Å². The number of aromatic nitrogens is 1. The minimum atomic E-state index is -3.71. The van der Waals surface area contributed by atoms with E-state index in [0.29, 0.717) is 30.1 Å². The minimum Gasteiger partial charge on any atom is -0.356 e. The molecule has 0 unspecified atom stereocenters. The van der Waals surface area contributed by atoms with Crippen molar-refractivity contribution in [3.63, 3.8) is 0 Å². The zero-order valence-electron chi connectivity index (χ0n) is 19.2. The maximum atomic E-state index is 13.4. The Morgan fingerprint density at radius 2 is 1.54 bits per heavy atom. The highest BCUT2D eigenvalue weighted by molar-refractivity contribution is 7.89. The second-order valence-electron chi connectivity index (χ2n) is 8.55. The van der Waals surface area contributed by atoms with Crippen LogP contribution in [0.4, 0.5) is 0 Å². The number of carbonyl (C=O) groups excluding carboxylic acids is 1. The van der Waals surface area contributed by atoms with Gasteiger partial charge in [-0.25, -0.2) is 8.42 Å². The number of carbonyl (C=O) groups is 1. The van der Waals surface area contributed by atoms with Gasteiger partial charge in [-0.2, -0.15) is 4.31 Å². The minimum absolute atomic E-state index is 0.0826. The molecule has 0 spiro atoms. The summed E-state index contributed by atoms with van der Waals surface area (Å²) in [6.07, 6.45) is 0. The van der Waals surface area contributed by atoms with Crippen molar-refractivity contribution in [2.45, 2.75) is 17.9 Å². The quantitative estimate of drug-likeness (QED) is 0.413. The summed E-state index contributed by atoms with van der Waals surface area (Å²) in [4.78, 5) is 14.7. The molecule has 0 saturated carbocycles. The summed E-state index contributed by atoms with van der Waals surface area (Å²) >= 11 is 0. The molecule has 1 saturated heterocycles. The van der Waals surface area contributed by atoms with E-state index < -0.39 is 10.0 Å². The third-order valence-electron chi connectivity index (χ3n) is 6.20. The van der Waals surface area contributed by atoms with Crippen molar-refractivity contribution in [3.8, 4) is 22.6 Å². The number of sulfonamides is 1. The van der Waals surface area contributed by atoms with Crippen LogP contribution in [0.25, 0.3) is 22.6 Å². The largest absolute Gasteiger partial charge is 0.356 e. The predicted octanol–water partition coefficient (Wildman–Crippen LogP) is 4.54. The first-order valence-electron chi connectivity index (χ1n) is 11.4. The number of hydrogen-bond donors (Lipinski definition) is 0. The van der Waals surface area contributed by atoms with Gasteiger partial charge in [-0.05, 0) is 43.3 Å².